The highest BCUT2D eigenvalue weighted by molar-refractivity contribution is 7.10. The fourth-order valence-corrected chi connectivity index (χ4v) is 5.84. The Morgan fingerprint density at radius 1 is 1.09 bits per heavy atom. The Morgan fingerprint density at radius 3 is 2.56 bits per heavy atom. The highest BCUT2D eigenvalue weighted by Gasteiger charge is 2.37. The Bertz CT molecular complexity index is 994. The van der Waals surface area contributed by atoms with Crippen molar-refractivity contribution in [3.05, 3.63) is 46.2 Å². The highest BCUT2D eigenvalue weighted by atomic mass is 32.1. The largest absolute Gasteiger partial charge is 0.347 e. The van der Waals surface area contributed by atoms with E-state index in [0.29, 0.717) is 18.8 Å². The van der Waals surface area contributed by atoms with Crippen LogP contribution in [0.5, 0.6) is 0 Å². The Hall–Kier alpha value is -2.67. The Labute approximate surface area is 193 Å². The average molecular weight is 454 g/mol. The monoisotopic (exact) mass is 453 g/mol. The lowest BCUT2D eigenvalue weighted by molar-refractivity contribution is -0.136. The summed E-state index contributed by atoms with van der Waals surface area (Å²) in [4.78, 5) is 40.9. The number of aryl methyl sites for hydroxylation is 1. The molecule has 2 aliphatic rings. The van der Waals surface area contributed by atoms with E-state index in [-0.39, 0.29) is 17.2 Å². The number of anilines is 2. The number of amides is 3. The van der Waals surface area contributed by atoms with Gasteiger partial charge in [0.15, 0.2) is 0 Å². The zero-order valence-corrected chi connectivity index (χ0v) is 19.6. The van der Waals surface area contributed by atoms with Crippen LogP contribution in [-0.4, -0.2) is 30.8 Å². The van der Waals surface area contributed by atoms with E-state index in [0.717, 1.165) is 49.8 Å². The predicted octanol–water partition coefficient (Wildman–Crippen LogP) is 4.25. The molecule has 1 aromatic carbocycles. The van der Waals surface area contributed by atoms with Crippen molar-refractivity contribution in [3.63, 3.8) is 0 Å². The van der Waals surface area contributed by atoms with Crippen molar-refractivity contribution in [2.75, 3.05) is 23.3 Å². The van der Waals surface area contributed by atoms with Crippen molar-refractivity contribution in [2.45, 2.75) is 57.8 Å². The van der Waals surface area contributed by atoms with Crippen molar-refractivity contribution in [1.82, 2.24) is 5.32 Å². The van der Waals surface area contributed by atoms with Crippen LogP contribution in [0.15, 0.2) is 35.7 Å². The molecule has 0 radical (unpaired) electrons. The normalized spacial score (nSPS) is 17.2. The van der Waals surface area contributed by atoms with Gasteiger partial charge in [-0.1, -0.05) is 38.8 Å². The number of benzene rings is 1. The molecule has 0 atom stereocenters. The molecule has 2 aromatic rings. The van der Waals surface area contributed by atoms with E-state index in [2.05, 4.69) is 22.1 Å². The van der Waals surface area contributed by atoms with Crippen LogP contribution in [0.4, 0.5) is 11.4 Å². The van der Waals surface area contributed by atoms with Crippen LogP contribution in [0, 0.1) is 5.92 Å². The molecule has 32 heavy (non-hydrogen) atoms. The number of hydrogen-bond acceptors (Lipinski definition) is 4. The summed E-state index contributed by atoms with van der Waals surface area (Å²) in [5.41, 5.74) is 2.39. The van der Waals surface area contributed by atoms with Crippen LogP contribution >= 0.6 is 11.3 Å². The average Bonchev–Trinajstić information content (AvgIpc) is 3.49. The maximum atomic E-state index is 12.6. The summed E-state index contributed by atoms with van der Waals surface area (Å²) >= 11 is 1.72. The molecule has 2 heterocycles. The van der Waals surface area contributed by atoms with Crippen LogP contribution in [0.3, 0.4) is 0 Å². The van der Waals surface area contributed by atoms with E-state index in [4.69, 9.17) is 0 Å². The number of nitrogens with one attached hydrogen (secondary N) is 2. The number of carbonyl (C=O) groups is 3. The van der Waals surface area contributed by atoms with Crippen molar-refractivity contribution in [1.29, 1.82) is 0 Å². The first-order valence-electron chi connectivity index (χ1n) is 11.5. The smallest absolute Gasteiger partial charge is 0.313 e. The molecule has 0 unspecified atom stereocenters. The lowest BCUT2D eigenvalue weighted by atomic mass is 9.84. The van der Waals surface area contributed by atoms with Crippen LogP contribution in [-0.2, 0) is 26.2 Å². The second-order valence-corrected chi connectivity index (χ2v) is 10.1. The molecule has 2 N–H and O–H groups in total. The fourth-order valence-electron chi connectivity index (χ4n) is 4.85. The van der Waals surface area contributed by atoms with E-state index in [1.807, 2.05) is 32.0 Å². The zero-order chi connectivity index (χ0) is 22.7. The summed E-state index contributed by atoms with van der Waals surface area (Å²) in [6, 6.07) is 9.71. The van der Waals surface area contributed by atoms with Crippen LogP contribution in [0.1, 0.15) is 56.4 Å². The summed E-state index contributed by atoms with van der Waals surface area (Å²) in [5, 5.41) is 7.65. The van der Waals surface area contributed by atoms with Gasteiger partial charge in [-0.15, -0.1) is 11.3 Å². The van der Waals surface area contributed by atoms with Gasteiger partial charge >= 0.3 is 11.8 Å². The molecule has 7 heteroatoms. The summed E-state index contributed by atoms with van der Waals surface area (Å²) in [6.45, 7) is 4.92. The van der Waals surface area contributed by atoms with Gasteiger partial charge in [0.25, 0.3) is 0 Å². The van der Waals surface area contributed by atoms with Crippen molar-refractivity contribution >= 4 is 40.4 Å². The molecule has 1 aromatic heterocycles. The minimum Gasteiger partial charge on any atom is -0.347 e. The Balaban J connectivity index is 1.42. The third-order valence-corrected chi connectivity index (χ3v) is 7.74. The molecule has 3 amide bonds. The van der Waals surface area contributed by atoms with Gasteiger partial charge in [0.1, 0.15) is 0 Å². The van der Waals surface area contributed by atoms with E-state index < -0.39 is 11.8 Å². The first-order chi connectivity index (χ1) is 15.4. The molecular formula is C25H31N3O3S. The fraction of sp³-hybridized carbons (Fsp3) is 0.480. The first kappa shape index (κ1) is 22.5. The minimum atomic E-state index is -0.679. The molecule has 1 saturated carbocycles. The van der Waals surface area contributed by atoms with Gasteiger partial charge in [-0.3, -0.25) is 14.4 Å². The van der Waals surface area contributed by atoms with E-state index >= 15 is 0 Å². The van der Waals surface area contributed by atoms with Gasteiger partial charge in [0.05, 0.1) is 0 Å². The third-order valence-electron chi connectivity index (χ3n) is 6.62. The SMILES string of the molecule is CC(C)C(=O)N1CCCc2ccc(NC(=O)C(=O)NCC3(c4cccs4)CCCC3)cc21. The molecule has 1 fully saturated rings. The molecule has 1 aliphatic heterocycles. The maximum absolute atomic E-state index is 12.6. The van der Waals surface area contributed by atoms with Crippen LogP contribution < -0.4 is 15.5 Å². The topological polar surface area (TPSA) is 78.5 Å². The lowest BCUT2D eigenvalue weighted by Crippen LogP contribution is -2.43. The zero-order valence-electron chi connectivity index (χ0n) is 18.8. The van der Waals surface area contributed by atoms with Gasteiger partial charge in [0, 0.05) is 40.7 Å². The van der Waals surface area contributed by atoms with Crippen molar-refractivity contribution in [3.8, 4) is 0 Å². The molecule has 4 rings (SSSR count). The maximum Gasteiger partial charge on any atom is 0.313 e. The third kappa shape index (κ3) is 4.58. The van der Waals surface area contributed by atoms with Gasteiger partial charge < -0.3 is 15.5 Å². The Kier molecular flexibility index (Phi) is 6.65. The highest BCUT2D eigenvalue weighted by Crippen LogP contribution is 2.42. The molecule has 6 nitrogen and oxygen atoms in total. The second kappa shape index (κ2) is 9.45. The minimum absolute atomic E-state index is 0.0619. The van der Waals surface area contributed by atoms with Crippen molar-refractivity contribution < 1.29 is 14.4 Å². The molecule has 0 saturated heterocycles. The Morgan fingerprint density at radius 2 is 1.88 bits per heavy atom. The van der Waals surface area contributed by atoms with Gasteiger partial charge in [-0.25, -0.2) is 0 Å². The summed E-state index contributed by atoms with van der Waals surface area (Å²) < 4.78 is 0. The second-order valence-electron chi connectivity index (χ2n) is 9.19. The van der Waals surface area contributed by atoms with Gasteiger partial charge in [-0.05, 0) is 54.8 Å². The summed E-state index contributed by atoms with van der Waals surface area (Å²) in [6.07, 6.45) is 6.16. The molecule has 1 aliphatic carbocycles. The molecule has 170 valence electrons. The van der Waals surface area contributed by atoms with Gasteiger partial charge in [0.2, 0.25) is 5.91 Å². The van der Waals surface area contributed by atoms with Crippen LogP contribution in [0.2, 0.25) is 0 Å². The molecular weight excluding hydrogens is 422 g/mol. The number of rotatable bonds is 5. The summed E-state index contributed by atoms with van der Waals surface area (Å²) in [5.74, 6) is -1.33. The van der Waals surface area contributed by atoms with E-state index in [9.17, 15) is 14.4 Å². The van der Waals surface area contributed by atoms with Crippen LogP contribution in [0.25, 0.3) is 0 Å². The number of hydrogen-bond donors (Lipinski definition) is 2. The predicted molar refractivity (Wildman–Crippen MR) is 128 cm³/mol. The summed E-state index contributed by atoms with van der Waals surface area (Å²) in [7, 11) is 0. The number of fused-ring (bicyclic) bond motifs is 1. The van der Waals surface area contributed by atoms with E-state index in [1.165, 1.54) is 4.88 Å². The first-order valence-corrected chi connectivity index (χ1v) is 12.3. The number of nitrogens with zero attached hydrogens (tertiary/aromatic N) is 1. The number of thiophene rings is 1. The van der Waals surface area contributed by atoms with Gasteiger partial charge in [-0.2, -0.15) is 0 Å². The van der Waals surface area contributed by atoms with Crippen molar-refractivity contribution in [2.24, 2.45) is 5.92 Å². The standard InChI is InChI=1S/C25H31N3O3S/c1-17(2)24(31)28-13-5-7-18-9-10-19(15-20(18)28)27-23(30)22(29)26-16-25(11-3-4-12-25)21-8-6-14-32-21/h6,8-10,14-15,17H,3-5,7,11-13,16H2,1-2H3,(H,26,29)(H,27,30). The lowest BCUT2D eigenvalue weighted by Gasteiger charge is -2.31. The van der Waals surface area contributed by atoms with E-state index in [1.54, 1.807) is 22.3 Å². The molecule has 0 spiro atoms. The quantitative estimate of drug-likeness (QED) is 0.665. The molecule has 0 bridgehead atoms. The number of carbonyl (C=O) groups excluding carboxylic acids is 3.